The highest BCUT2D eigenvalue weighted by molar-refractivity contribution is 6.39. The van der Waals surface area contributed by atoms with Crippen LogP contribution in [0, 0.1) is 0 Å². The van der Waals surface area contributed by atoms with Crippen LogP contribution in [0.5, 0.6) is 5.75 Å². The molecule has 6 nitrogen and oxygen atoms in total. The molecule has 0 bridgehead atoms. The highest BCUT2D eigenvalue weighted by Crippen LogP contribution is 2.14. The molecule has 0 saturated heterocycles. The maximum absolute atomic E-state index is 12.0. The molecule has 2 N–H and O–H groups in total. The zero-order chi connectivity index (χ0) is 22.6. The Kier molecular flexibility index (Phi) is 8.57. The van der Waals surface area contributed by atoms with Crippen molar-refractivity contribution in [1.29, 1.82) is 0 Å². The molecule has 0 aliphatic carbocycles. The number of ether oxygens (including phenoxy) is 1. The molecule has 0 radical (unpaired) electrons. The van der Waals surface area contributed by atoms with E-state index in [0.29, 0.717) is 12.3 Å². The molecule has 2 amide bonds. The Hall–Kier alpha value is -3.93. The number of anilines is 1. The molecular formula is C26H27N3O3. The van der Waals surface area contributed by atoms with Gasteiger partial charge in [-0.25, -0.2) is 5.43 Å². The summed E-state index contributed by atoms with van der Waals surface area (Å²) in [5.74, 6) is -0.873. The van der Waals surface area contributed by atoms with Gasteiger partial charge in [-0.05, 0) is 65.9 Å². The zero-order valence-electron chi connectivity index (χ0n) is 18.1. The Morgan fingerprint density at radius 1 is 0.875 bits per heavy atom. The summed E-state index contributed by atoms with van der Waals surface area (Å²) in [6, 6.07) is 24.7. The minimum Gasteiger partial charge on any atom is -0.489 e. The molecule has 0 atom stereocenters. The highest BCUT2D eigenvalue weighted by Gasteiger charge is 2.12. The van der Waals surface area contributed by atoms with Gasteiger partial charge in [-0.1, -0.05) is 55.8 Å². The van der Waals surface area contributed by atoms with Gasteiger partial charge in [0.25, 0.3) is 0 Å². The number of benzene rings is 3. The van der Waals surface area contributed by atoms with Crippen LogP contribution in [-0.4, -0.2) is 18.0 Å². The van der Waals surface area contributed by atoms with Crippen molar-refractivity contribution in [2.45, 2.75) is 32.8 Å². The fraction of sp³-hybridized carbons (Fsp3) is 0.192. The van der Waals surface area contributed by atoms with Gasteiger partial charge in [-0.2, -0.15) is 5.10 Å². The van der Waals surface area contributed by atoms with Crippen molar-refractivity contribution in [2.75, 3.05) is 5.32 Å². The van der Waals surface area contributed by atoms with E-state index in [1.54, 1.807) is 12.1 Å². The molecule has 164 valence electrons. The number of hydrazone groups is 1. The SMILES string of the molecule is CCCCc1ccc(NC(=O)C(=O)NN=Cc2ccc(OCc3ccccc3)cc2)cc1. The first-order chi connectivity index (χ1) is 15.6. The lowest BCUT2D eigenvalue weighted by Gasteiger charge is -2.06. The van der Waals surface area contributed by atoms with E-state index in [1.807, 2.05) is 66.7 Å². The largest absolute Gasteiger partial charge is 0.489 e. The van der Waals surface area contributed by atoms with Gasteiger partial charge in [0.1, 0.15) is 12.4 Å². The van der Waals surface area contributed by atoms with E-state index in [2.05, 4.69) is 22.8 Å². The Morgan fingerprint density at radius 3 is 2.28 bits per heavy atom. The van der Waals surface area contributed by atoms with E-state index < -0.39 is 11.8 Å². The first-order valence-electron chi connectivity index (χ1n) is 10.6. The molecule has 0 spiro atoms. The van der Waals surface area contributed by atoms with E-state index in [0.717, 1.165) is 36.1 Å². The van der Waals surface area contributed by atoms with Crippen molar-refractivity contribution in [3.8, 4) is 5.75 Å². The Bertz CT molecular complexity index is 1030. The molecule has 32 heavy (non-hydrogen) atoms. The monoisotopic (exact) mass is 429 g/mol. The van der Waals surface area contributed by atoms with Gasteiger partial charge >= 0.3 is 11.8 Å². The zero-order valence-corrected chi connectivity index (χ0v) is 18.1. The fourth-order valence-corrected chi connectivity index (χ4v) is 2.93. The summed E-state index contributed by atoms with van der Waals surface area (Å²) >= 11 is 0. The quantitative estimate of drug-likeness (QED) is 0.294. The van der Waals surface area contributed by atoms with E-state index in [-0.39, 0.29) is 0 Å². The average molecular weight is 430 g/mol. The molecule has 0 aliphatic heterocycles. The predicted octanol–water partition coefficient (Wildman–Crippen LogP) is 4.70. The fourth-order valence-electron chi connectivity index (χ4n) is 2.93. The molecule has 0 saturated carbocycles. The maximum Gasteiger partial charge on any atom is 0.329 e. The predicted molar refractivity (Wildman–Crippen MR) is 127 cm³/mol. The second-order valence-corrected chi connectivity index (χ2v) is 7.30. The van der Waals surface area contributed by atoms with Gasteiger partial charge < -0.3 is 10.1 Å². The average Bonchev–Trinajstić information content (AvgIpc) is 2.83. The molecule has 0 unspecified atom stereocenters. The summed E-state index contributed by atoms with van der Waals surface area (Å²) in [5.41, 5.74) is 5.87. The topological polar surface area (TPSA) is 79.8 Å². The van der Waals surface area contributed by atoms with E-state index in [4.69, 9.17) is 4.74 Å². The molecule has 0 aliphatic rings. The summed E-state index contributed by atoms with van der Waals surface area (Å²) in [5, 5.41) is 6.42. The first kappa shape index (κ1) is 22.7. The Labute approximate surface area is 188 Å². The smallest absolute Gasteiger partial charge is 0.329 e. The summed E-state index contributed by atoms with van der Waals surface area (Å²) in [4.78, 5) is 24.0. The third-order valence-electron chi connectivity index (χ3n) is 4.75. The molecule has 0 heterocycles. The normalized spacial score (nSPS) is 10.7. The number of nitrogens with one attached hydrogen (secondary N) is 2. The number of unbranched alkanes of at least 4 members (excludes halogenated alkanes) is 1. The van der Waals surface area contributed by atoms with Crippen molar-refractivity contribution >= 4 is 23.7 Å². The lowest BCUT2D eigenvalue weighted by atomic mass is 10.1. The number of carbonyl (C=O) groups excluding carboxylic acids is 2. The van der Waals surface area contributed by atoms with Gasteiger partial charge in [-0.3, -0.25) is 9.59 Å². The third-order valence-corrected chi connectivity index (χ3v) is 4.75. The van der Waals surface area contributed by atoms with Crippen LogP contribution in [-0.2, 0) is 22.6 Å². The third kappa shape index (κ3) is 7.40. The number of rotatable bonds is 9. The molecule has 3 rings (SSSR count). The van der Waals surface area contributed by atoms with Crippen molar-refractivity contribution in [1.82, 2.24) is 5.43 Å². The second-order valence-electron chi connectivity index (χ2n) is 7.30. The Balaban J connectivity index is 1.43. The number of nitrogens with zero attached hydrogens (tertiary/aromatic N) is 1. The molecule has 6 heteroatoms. The van der Waals surface area contributed by atoms with Crippen LogP contribution >= 0.6 is 0 Å². The van der Waals surface area contributed by atoms with Gasteiger partial charge in [0.05, 0.1) is 6.21 Å². The summed E-state index contributed by atoms with van der Waals surface area (Å²) < 4.78 is 5.74. The van der Waals surface area contributed by atoms with Crippen molar-refractivity contribution in [3.63, 3.8) is 0 Å². The summed E-state index contributed by atoms with van der Waals surface area (Å²) in [6.07, 6.45) is 4.72. The highest BCUT2D eigenvalue weighted by atomic mass is 16.5. The van der Waals surface area contributed by atoms with Crippen LogP contribution in [0.4, 0.5) is 5.69 Å². The minimum atomic E-state index is -0.834. The van der Waals surface area contributed by atoms with Crippen LogP contribution in [0.15, 0.2) is 84.0 Å². The molecule has 0 aromatic heterocycles. The van der Waals surface area contributed by atoms with Crippen LogP contribution < -0.4 is 15.5 Å². The van der Waals surface area contributed by atoms with Crippen LogP contribution in [0.3, 0.4) is 0 Å². The number of amides is 2. The van der Waals surface area contributed by atoms with E-state index in [9.17, 15) is 9.59 Å². The summed E-state index contributed by atoms with van der Waals surface area (Å²) in [6.45, 7) is 2.63. The summed E-state index contributed by atoms with van der Waals surface area (Å²) in [7, 11) is 0. The number of hydrogen-bond acceptors (Lipinski definition) is 4. The van der Waals surface area contributed by atoms with Crippen LogP contribution in [0.25, 0.3) is 0 Å². The maximum atomic E-state index is 12.0. The van der Waals surface area contributed by atoms with Crippen molar-refractivity contribution in [2.24, 2.45) is 5.10 Å². The van der Waals surface area contributed by atoms with Crippen molar-refractivity contribution in [3.05, 3.63) is 95.6 Å². The second kappa shape index (κ2) is 12.1. The van der Waals surface area contributed by atoms with Crippen LogP contribution in [0.1, 0.15) is 36.5 Å². The number of aryl methyl sites for hydroxylation is 1. The molecule has 0 fully saturated rings. The lowest BCUT2D eigenvalue weighted by Crippen LogP contribution is -2.32. The van der Waals surface area contributed by atoms with E-state index >= 15 is 0 Å². The lowest BCUT2D eigenvalue weighted by molar-refractivity contribution is -0.136. The Morgan fingerprint density at radius 2 is 1.59 bits per heavy atom. The minimum absolute atomic E-state index is 0.487. The number of hydrogen-bond donors (Lipinski definition) is 2. The molecular weight excluding hydrogens is 402 g/mol. The van der Waals surface area contributed by atoms with Crippen LogP contribution in [0.2, 0.25) is 0 Å². The van der Waals surface area contributed by atoms with Crippen molar-refractivity contribution < 1.29 is 14.3 Å². The van der Waals surface area contributed by atoms with Gasteiger partial charge in [0, 0.05) is 5.69 Å². The van der Waals surface area contributed by atoms with Gasteiger partial charge in [0.2, 0.25) is 0 Å². The molecule has 3 aromatic carbocycles. The standard InChI is InChI=1S/C26H27N3O3/c1-2-3-7-20-10-14-23(15-11-20)28-25(30)26(31)29-27-18-21-12-16-24(17-13-21)32-19-22-8-5-4-6-9-22/h4-6,8-18H,2-3,7,19H2,1H3,(H,28,30)(H,29,31). The van der Waals surface area contributed by atoms with Gasteiger partial charge in [0.15, 0.2) is 0 Å². The van der Waals surface area contributed by atoms with E-state index in [1.165, 1.54) is 11.8 Å². The number of carbonyl (C=O) groups is 2. The van der Waals surface area contributed by atoms with Gasteiger partial charge in [-0.15, -0.1) is 0 Å². The molecule has 3 aromatic rings. The first-order valence-corrected chi connectivity index (χ1v) is 10.6.